The molecule has 1 N–H and O–H groups in total. The van der Waals surface area contributed by atoms with Crippen LogP contribution in [0.2, 0.25) is 0 Å². The summed E-state index contributed by atoms with van der Waals surface area (Å²) in [6, 6.07) is 12.0. The minimum absolute atomic E-state index is 0.0321. The molecule has 0 fully saturated rings. The van der Waals surface area contributed by atoms with Gasteiger partial charge in [-0.15, -0.1) is 0 Å². The highest BCUT2D eigenvalue weighted by Gasteiger charge is 2.21. The molecule has 23 heavy (non-hydrogen) atoms. The Bertz CT molecular complexity index is 685. The zero-order valence-electron chi connectivity index (χ0n) is 13.3. The number of fused-ring (bicyclic) bond motifs is 1. The maximum absolute atomic E-state index is 12.4. The van der Waals surface area contributed by atoms with Crippen LogP contribution in [0.15, 0.2) is 42.6 Å². The fraction of sp³-hybridized carbons (Fsp3) is 0.333. The Morgan fingerprint density at radius 3 is 2.83 bits per heavy atom. The normalized spacial score (nSPS) is 13.0. The number of likely N-dealkylation sites (N-methyl/N-ethyl adjacent to an activating group) is 1. The van der Waals surface area contributed by atoms with Gasteiger partial charge in [-0.1, -0.05) is 18.2 Å². The Kier molecular flexibility index (Phi) is 4.57. The molecule has 0 bridgehead atoms. The number of para-hydroxylation sites is 1. The molecular formula is C18H21N3O2. The highest BCUT2D eigenvalue weighted by Crippen LogP contribution is 2.32. The molecule has 5 heteroatoms. The SMILES string of the molecule is CCN(CCO)C(=O)c1ccc(N2CCc3ccccc32)nc1. The van der Waals surface area contributed by atoms with E-state index in [9.17, 15) is 4.79 Å². The summed E-state index contributed by atoms with van der Waals surface area (Å²) in [5, 5.41) is 9.03. The van der Waals surface area contributed by atoms with Crippen molar-refractivity contribution in [2.75, 3.05) is 31.1 Å². The van der Waals surface area contributed by atoms with E-state index in [0.717, 1.165) is 18.8 Å². The zero-order valence-corrected chi connectivity index (χ0v) is 13.3. The Balaban J connectivity index is 1.79. The van der Waals surface area contributed by atoms with E-state index in [-0.39, 0.29) is 12.5 Å². The molecule has 1 aromatic heterocycles. The number of hydrogen-bond donors (Lipinski definition) is 1. The van der Waals surface area contributed by atoms with Crippen molar-refractivity contribution in [3.63, 3.8) is 0 Å². The first-order chi connectivity index (χ1) is 11.2. The highest BCUT2D eigenvalue weighted by molar-refractivity contribution is 5.94. The van der Waals surface area contributed by atoms with Crippen molar-refractivity contribution in [3.8, 4) is 0 Å². The lowest BCUT2D eigenvalue weighted by Gasteiger charge is -2.21. The number of carbonyl (C=O) groups is 1. The number of amides is 1. The largest absolute Gasteiger partial charge is 0.395 e. The lowest BCUT2D eigenvalue weighted by molar-refractivity contribution is 0.0731. The summed E-state index contributed by atoms with van der Waals surface area (Å²) in [6.45, 7) is 3.69. The van der Waals surface area contributed by atoms with Gasteiger partial charge in [0.2, 0.25) is 0 Å². The van der Waals surface area contributed by atoms with Gasteiger partial charge in [-0.2, -0.15) is 0 Å². The predicted octanol–water partition coefficient (Wildman–Crippen LogP) is 2.23. The molecule has 0 unspecified atom stereocenters. The van der Waals surface area contributed by atoms with E-state index >= 15 is 0 Å². The summed E-state index contributed by atoms with van der Waals surface area (Å²) in [4.78, 5) is 20.6. The predicted molar refractivity (Wildman–Crippen MR) is 90.1 cm³/mol. The van der Waals surface area contributed by atoms with Gasteiger partial charge in [0.05, 0.1) is 12.2 Å². The average Bonchev–Trinajstić information content (AvgIpc) is 3.03. The van der Waals surface area contributed by atoms with Gasteiger partial charge in [0.15, 0.2) is 0 Å². The number of anilines is 2. The third-order valence-corrected chi connectivity index (χ3v) is 4.20. The number of aliphatic hydroxyl groups excluding tert-OH is 1. The lowest BCUT2D eigenvalue weighted by atomic mass is 10.2. The van der Waals surface area contributed by atoms with E-state index in [0.29, 0.717) is 18.7 Å². The van der Waals surface area contributed by atoms with Crippen molar-refractivity contribution in [2.45, 2.75) is 13.3 Å². The van der Waals surface area contributed by atoms with Crippen LogP contribution in [0.25, 0.3) is 0 Å². The Morgan fingerprint density at radius 1 is 1.30 bits per heavy atom. The summed E-state index contributed by atoms with van der Waals surface area (Å²) >= 11 is 0. The second kappa shape index (κ2) is 6.79. The molecule has 0 aliphatic carbocycles. The van der Waals surface area contributed by atoms with Crippen molar-refractivity contribution >= 4 is 17.4 Å². The summed E-state index contributed by atoms with van der Waals surface area (Å²) in [6.07, 6.45) is 2.64. The van der Waals surface area contributed by atoms with Crippen molar-refractivity contribution in [3.05, 3.63) is 53.7 Å². The number of aliphatic hydroxyl groups is 1. The smallest absolute Gasteiger partial charge is 0.255 e. The van der Waals surface area contributed by atoms with Gasteiger partial charge < -0.3 is 14.9 Å². The maximum atomic E-state index is 12.4. The summed E-state index contributed by atoms with van der Waals surface area (Å²) < 4.78 is 0. The van der Waals surface area contributed by atoms with Gasteiger partial charge in [-0.05, 0) is 37.1 Å². The first kappa shape index (κ1) is 15.5. The van der Waals surface area contributed by atoms with Gasteiger partial charge in [-0.25, -0.2) is 4.98 Å². The minimum Gasteiger partial charge on any atom is -0.395 e. The third kappa shape index (κ3) is 3.05. The van der Waals surface area contributed by atoms with Crippen LogP contribution in [-0.4, -0.2) is 47.1 Å². The molecule has 1 aliphatic heterocycles. The number of pyridine rings is 1. The second-order valence-electron chi connectivity index (χ2n) is 5.54. The summed E-state index contributed by atoms with van der Waals surface area (Å²) in [5.41, 5.74) is 3.07. The summed E-state index contributed by atoms with van der Waals surface area (Å²) in [5.74, 6) is 0.763. The van der Waals surface area contributed by atoms with E-state index in [1.165, 1.54) is 11.3 Å². The Labute approximate surface area is 136 Å². The van der Waals surface area contributed by atoms with E-state index in [4.69, 9.17) is 5.11 Å². The average molecular weight is 311 g/mol. The third-order valence-electron chi connectivity index (χ3n) is 4.20. The number of hydrogen-bond acceptors (Lipinski definition) is 4. The van der Waals surface area contributed by atoms with E-state index in [1.54, 1.807) is 11.1 Å². The molecule has 0 atom stereocenters. The Morgan fingerprint density at radius 2 is 2.13 bits per heavy atom. The zero-order chi connectivity index (χ0) is 16.2. The second-order valence-corrected chi connectivity index (χ2v) is 5.54. The lowest BCUT2D eigenvalue weighted by Crippen LogP contribution is -2.33. The molecule has 1 aliphatic rings. The molecule has 0 saturated carbocycles. The van der Waals surface area contributed by atoms with Gasteiger partial charge in [0, 0.05) is 31.5 Å². The molecule has 3 rings (SSSR count). The van der Waals surface area contributed by atoms with Crippen LogP contribution in [0.1, 0.15) is 22.8 Å². The number of nitrogens with zero attached hydrogens (tertiary/aromatic N) is 3. The fourth-order valence-electron chi connectivity index (χ4n) is 2.96. The molecule has 0 spiro atoms. The molecular weight excluding hydrogens is 290 g/mol. The maximum Gasteiger partial charge on any atom is 0.255 e. The van der Waals surface area contributed by atoms with Crippen LogP contribution in [0.3, 0.4) is 0 Å². The number of aromatic nitrogens is 1. The molecule has 2 aromatic rings. The van der Waals surface area contributed by atoms with Gasteiger partial charge in [0.25, 0.3) is 5.91 Å². The molecule has 2 heterocycles. The molecule has 5 nitrogen and oxygen atoms in total. The van der Waals surface area contributed by atoms with Crippen LogP contribution < -0.4 is 4.90 Å². The van der Waals surface area contributed by atoms with Crippen LogP contribution in [0, 0.1) is 0 Å². The van der Waals surface area contributed by atoms with Crippen LogP contribution in [-0.2, 0) is 6.42 Å². The quantitative estimate of drug-likeness (QED) is 0.920. The molecule has 1 amide bonds. The first-order valence-electron chi connectivity index (χ1n) is 7.96. The molecule has 0 saturated heterocycles. The van der Waals surface area contributed by atoms with E-state index < -0.39 is 0 Å². The fourth-order valence-corrected chi connectivity index (χ4v) is 2.96. The monoisotopic (exact) mass is 311 g/mol. The summed E-state index contributed by atoms with van der Waals surface area (Å²) in [7, 11) is 0. The molecule has 120 valence electrons. The highest BCUT2D eigenvalue weighted by atomic mass is 16.3. The number of carbonyl (C=O) groups excluding carboxylic acids is 1. The van der Waals surface area contributed by atoms with Crippen LogP contribution in [0.4, 0.5) is 11.5 Å². The molecule has 0 radical (unpaired) electrons. The van der Waals surface area contributed by atoms with Gasteiger partial charge in [-0.3, -0.25) is 4.79 Å². The molecule has 1 aromatic carbocycles. The standard InChI is InChI=1S/C18H21N3O2/c1-2-20(11-12-22)18(23)15-7-8-17(19-13-15)21-10-9-14-5-3-4-6-16(14)21/h3-8,13,22H,2,9-12H2,1H3. The minimum atomic E-state index is -0.0950. The van der Waals surface area contributed by atoms with Crippen molar-refractivity contribution < 1.29 is 9.90 Å². The van der Waals surface area contributed by atoms with E-state index in [1.807, 2.05) is 25.1 Å². The van der Waals surface area contributed by atoms with E-state index in [2.05, 4.69) is 28.1 Å². The van der Waals surface area contributed by atoms with Crippen molar-refractivity contribution in [2.24, 2.45) is 0 Å². The number of rotatable bonds is 5. The first-order valence-corrected chi connectivity index (χ1v) is 7.96. The van der Waals surface area contributed by atoms with Crippen molar-refractivity contribution in [1.29, 1.82) is 0 Å². The Hall–Kier alpha value is -2.40. The van der Waals surface area contributed by atoms with Gasteiger partial charge in [0.1, 0.15) is 5.82 Å². The van der Waals surface area contributed by atoms with Crippen molar-refractivity contribution in [1.82, 2.24) is 9.88 Å². The number of benzene rings is 1. The van der Waals surface area contributed by atoms with Gasteiger partial charge >= 0.3 is 0 Å². The van der Waals surface area contributed by atoms with Crippen LogP contribution >= 0.6 is 0 Å². The topological polar surface area (TPSA) is 56.7 Å². The van der Waals surface area contributed by atoms with Crippen LogP contribution in [0.5, 0.6) is 0 Å².